The standard InChI is InChI=1S/C21H22N2O5S/c1-29(25,26)22-14-8-9-17-19(11-14)28-13-21(17)16-6-2-3-7-18(16)23(20(21)24)12-15-5-4-10-27-15/h2-3,6-9,11,15,22H,4-5,10,12-13H2,1H3/t15-,21?/m1/s1. The molecule has 1 N–H and O–H groups in total. The van der Waals surface area contributed by atoms with Gasteiger partial charge in [0.05, 0.1) is 24.6 Å². The number of ether oxygens (including phenoxy) is 2. The molecule has 3 heterocycles. The Bertz CT molecular complexity index is 1090. The van der Waals surface area contributed by atoms with Crippen molar-refractivity contribution in [2.75, 3.05) is 35.6 Å². The predicted octanol–water partition coefficient (Wildman–Crippen LogP) is 2.26. The smallest absolute Gasteiger partial charge is 0.245 e. The number of carbonyl (C=O) groups excluding carboxylic acids is 1. The third-order valence-corrected chi connectivity index (χ3v) is 6.47. The summed E-state index contributed by atoms with van der Waals surface area (Å²) < 4.78 is 37.3. The quantitative estimate of drug-likeness (QED) is 0.830. The third kappa shape index (κ3) is 2.89. The van der Waals surface area contributed by atoms with Crippen LogP contribution in [0, 0.1) is 0 Å². The molecule has 0 saturated carbocycles. The maximum atomic E-state index is 13.7. The lowest BCUT2D eigenvalue weighted by molar-refractivity contribution is -0.122. The van der Waals surface area contributed by atoms with Gasteiger partial charge in [-0.25, -0.2) is 8.42 Å². The molecule has 2 aromatic rings. The van der Waals surface area contributed by atoms with Gasteiger partial charge >= 0.3 is 0 Å². The minimum absolute atomic E-state index is 0.0169. The van der Waals surface area contributed by atoms with Crippen molar-refractivity contribution in [2.45, 2.75) is 24.4 Å². The van der Waals surface area contributed by atoms with E-state index in [0.717, 1.165) is 42.5 Å². The van der Waals surface area contributed by atoms with Crippen LogP contribution in [0.5, 0.6) is 5.75 Å². The Labute approximate surface area is 169 Å². The summed E-state index contributed by atoms with van der Waals surface area (Å²) in [5.74, 6) is 0.512. The molecule has 1 amide bonds. The van der Waals surface area contributed by atoms with Gasteiger partial charge in [0.25, 0.3) is 0 Å². The molecule has 3 aliphatic rings. The van der Waals surface area contributed by atoms with Crippen LogP contribution in [0.3, 0.4) is 0 Å². The van der Waals surface area contributed by atoms with Crippen LogP contribution in [0.4, 0.5) is 11.4 Å². The van der Waals surface area contributed by atoms with Crippen LogP contribution in [0.25, 0.3) is 0 Å². The number of hydrogen-bond donors (Lipinski definition) is 1. The summed E-state index contributed by atoms with van der Waals surface area (Å²) in [6.07, 6.45) is 3.11. The highest BCUT2D eigenvalue weighted by Gasteiger charge is 2.57. The maximum absolute atomic E-state index is 13.7. The summed E-state index contributed by atoms with van der Waals surface area (Å²) >= 11 is 0. The van der Waals surface area contributed by atoms with E-state index in [1.54, 1.807) is 18.2 Å². The number of sulfonamides is 1. The van der Waals surface area contributed by atoms with Crippen molar-refractivity contribution in [3.8, 4) is 5.75 Å². The molecule has 5 rings (SSSR count). The molecule has 152 valence electrons. The van der Waals surface area contributed by atoms with Gasteiger partial charge in [0.15, 0.2) is 0 Å². The van der Waals surface area contributed by atoms with E-state index in [9.17, 15) is 13.2 Å². The topological polar surface area (TPSA) is 84.9 Å². The first-order valence-corrected chi connectivity index (χ1v) is 11.6. The second kappa shape index (κ2) is 6.47. The first kappa shape index (κ1) is 18.4. The Morgan fingerprint density at radius 1 is 1.21 bits per heavy atom. The number of hydrogen-bond acceptors (Lipinski definition) is 5. The van der Waals surface area contributed by atoms with E-state index in [4.69, 9.17) is 9.47 Å². The lowest BCUT2D eigenvalue weighted by Crippen LogP contribution is -2.44. The van der Waals surface area contributed by atoms with Crippen molar-refractivity contribution in [3.63, 3.8) is 0 Å². The number of benzene rings is 2. The molecular formula is C21H22N2O5S. The zero-order chi connectivity index (χ0) is 20.2. The van der Waals surface area contributed by atoms with Crippen molar-refractivity contribution in [2.24, 2.45) is 0 Å². The second-order valence-electron chi connectivity index (χ2n) is 7.85. The largest absolute Gasteiger partial charge is 0.491 e. The van der Waals surface area contributed by atoms with E-state index < -0.39 is 15.4 Å². The summed E-state index contributed by atoms with van der Waals surface area (Å²) in [5.41, 5.74) is 2.09. The molecule has 0 aromatic heterocycles. The number of para-hydroxylation sites is 1. The zero-order valence-electron chi connectivity index (χ0n) is 16.1. The molecule has 0 aliphatic carbocycles. The minimum atomic E-state index is -3.40. The van der Waals surface area contributed by atoms with Crippen molar-refractivity contribution >= 4 is 27.3 Å². The Morgan fingerprint density at radius 3 is 2.79 bits per heavy atom. The number of carbonyl (C=O) groups is 1. The molecule has 7 nitrogen and oxygen atoms in total. The molecule has 1 spiro atoms. The van der Waals surface area contributed by atoms with Crippen LogP contribution < -0.4 is 14.4 Å². The number of nitrogens with one attached hydrogen (secondary N) is 1. The van der Waals surface area contributed by atoms with E-state index in [2.05, 4.69) is 4.72 Å². The average molecular weight is 414 g/mol. The average Bonchev–Trinajstić information content (AvgIpc) is 3.37. The monoisotopic (exact) mass is 414 g/mol. The molecule has 0 bridgehead atoms. The van der Waals surface area contributed by atoms with Gasteiger partial charge in [-0.3, -0.25) is 9.52 Å². The van der Waals surface area contributed by atoms with Crippen LogP contribution >= 0.6 is 0 Å². The van der Waals surface area contributed by atoms with Gasteiger partial charge in [0.1, 0.15) is 17.8 Å². The van der Waals surface area contributed by atoms with Crippen molar-refractivity contribution < 1.29 is 22.7 Å². The first-order valence-electron chi connectivity index (χ1n) is 9.67. The highest BCUT2D eigenvalue weighted by molar-refractivity contribution is 7.92. The van der Waals surface area contributed by atoms with Gasteiger partial charge in [0.2, 0.25) is 15.9 Å². The van der Waals surface area contributed by atoms with Crippen LogP contribution in [-0.2, 0) is 25.0 Å². The summed E-state index contributed by atoms with van der Waals surface area (Å²) in [4.78, 5) is 15.6. The number of fused-ring (bicyclic) bond motifs is 4. The normalized spacial score (nSPS) is 25.2. The van der Waals surface area contributed by atoms with Gasteiger partial charge in [-0.2, -0.15) is 0 Å². The van der Waals surface area contributed by atoms with E-state index in [1.807, 2.05) is 29.2 Å². The molecule has 29 heavy (non-hydrogen) atoms. The van der Waals surface area contributed by atoms with Gasteiger partial charge in [-0.05, 0) is 30.5 Å². The highest BCUT2D eigenvalue weighted by atomic mass is 32.2. The fourth-order valence-corrected chi connectivity index (χ4v) is 5.19. The number of amides is 1. The van der Waals surface area contributed by atoms with Gasteiger partial charge in [-0.15, -0.1) is 0 Å². The van der Waals surface area contributed by atoms with E-state index in [0.29, 0.717) is 18.0 Å². The number of nitrogens with zero attached hydrogens (tertiary/aromatic N) is 1. The molecule has 0 radical (unpaired) electrons. The van der Waals surface area contributed by atoms with Crippen LogP contribution in [0.1, 0.15) is 24.0 Å². The first-order chi connectivity index (χ1) is 13.9. The lowest BCUT2D eigenvalue weighted by atomic mass is 9.77. The Hall–Kier alpha value is -2.58. The molecule has 1 unspecified atom stereocenters. The summed E-state index contributed by atoms with van der Waals surface area (Å²) in [6.45, 7) is 1.46. The van der Waals surface area contributed by atoms with Gasteiger partial charge in [-0.1, -0.05) is 24.3 Å². The lowest BCUT2D eigenvalue weighted by Gasteiger charge is -2.24. The molecule has 2 aromatic carbocycles. The Morgan fingerprint density at radius 2 is 2.03 bits per heavy atom. The molecule has 3 aliphatic heterocycles. The third-order valence-electron chi connectivity index (χ3n) is 5.86. The molecule has 1 fully saturated rings. The fourth-order valence-electron chi connectivity index (χ4n) is 4.63. The van der Waals surface area contributed by atoms with Crippen molar-refractivity contribution in [3.05, 3.63) is 53.6 Å². The summed E-state index contributed by atoms with van der Waals surface area (Å²) in [7, 11) is -3.40. The molecule has 1 saturated heterocycles. The van der Waals surface area contributed by atoms with Crippen LogP contribution in [-0.4, -0.2) is 46.4 Å². The molecule has 2 atom stereocenters. The summed E-state index contributed by atoms with van der Waals surface area (Å²) in [6, 6.07) is 12.9. The predicted molar refractivity (Wildman–Crippen MR) is 109 cm³/mol. The minimum Gasteiger partial charge on any atom is -0.491 e. The number of rotatable bonds is 4. The Balaban J connectivity index is 1.57. The second-order valence-corrected chi connectivity index (χ2v) is 9.60. The number of anilines is 2. The van der Waals surface area contributed by atoms with Gasteiger partial charge < -0.3 is 14.4 Å². The van der Waals surface area contributed by atoms with E-state index in [-0.39, 0.29) is 18.6 Å². The molecule has 8 heteroatoms. The van der Waals surface area contributed by atoms with E-state index >= 15 is 0 Å². The van der Waals surface area contributed by atoms with Crippen molar-refractivity contribution in [1.29, 1.82) is 0 Å². The maximum Gasteiger partial charge on any atom is 0.245 e. The fraction of sp³-hybridized carbons (Fsp3) is 0.381. The SMILES string of the molecule is CS(=O)(=O)Nc1ccc2c(c1)OCC21C(=O)N(C[C@H]2CCCO2)c2ccccc21. The van der Waals surface area contributed by atoms with Gasteiger partial charge in [0, 0.05) is 23.9 Å². The van der Waals surface area contributed by atoms with Crippen molar-refractivity contribution in [1.82, 2.24) is 0 Å². The van der Waals surface area contributed by atoms with Crippen LogP contribution in [0.15, 0.2) is 42.5 Å². The summed E-state index contributed by atoms with van der Waals surface area (Å²) in [5, 5.41) is 0. The van der Waals surface area contributed by atoms with E-state index in [1.165, 1.54) is 0 Å². The highest BCUT2D eigenvalue weighted by Crippen LogP contribution is 2.52. The molecular weight excluding hydrogens is 392 g/mol. The van der Waals surface area contributed by atoms with Crippen LogP contribution in [0.2, 0.25) is 0 Å². The Kier molecular flexibility index (Phi) is 4.11. The zero-order valence-corrected chi connectivity index (χ0v) is 16.9.